The van der Waals surface area contributed by atoms with Crippen molar-refractivity contribution in [2.75, 3.05) is 19.0 Å². The molecule has 5 nitrogen and oxygen atoms in total. The fourth-order valence-electron chi connectivity index (χ4n) is 1.95. The summed E-state index contributed by atoms with van der Waals surface area (Å²) in [5.74, 6) is 0.563. The molecule has 0 radical (unpaired) electrons. The molecular weight excluding hydrogens is 276 g/mol. The first-order valence-corrected chi connectivity index (χ1v) is 7.77. The fraction of sp³-hybridized carbons (Fsp3) is 0.500. The number of aromatic nitrogens is 2. The van der Waals surface area contributed by atoms with Crippen LogP contribution in [0.3, 0.4) is 0 Å². The van der Waals surface area contributed by atoms with Gasteiger partial charge in [0.1, 0.15) is 5.69 Å². The normalized spacial score (nSPS) is 14.3. The number of fused-ring (bicyclic) bond motifs is 1. The zero-order chi connectivity index (χ0) is 14.4. The minimum Gasteiger partial charge on any atom is -0.382 e. The molecule has 0 aliphatic heterocycles. The molecule has 0 fully saturated rings. The summed E-state index contributed by atoms with van der Waals surface area (Å²) in [7, 11) is 0. The maximum atomic E-state index is 12.1. The van der Waals surface area contributed by atoms with Gasteiger partial charge >= 0.3 is 0 Å². The van der Waals surface area contributed by atoms with E-state index in [1.165, 1.54) is 24.0 Å². The zero-order valence-corrected chi connectivity index (χ0v) is 12.3. The Morgan fingerprint density at radius 3 is 2.95 bits per heavy atom. The van der Waals surface area contributed by atoms with Crippen molar-refractivity contribution in [3.63, 3.8) is 0 Å². The summed E-state index contributed by atoms with van der Waals surface area (Å²) in [5, 5.41) is 6.32. The van der Waals surface area contributed by atoms with E-state index in [1.54, 1.807) is 0 Å². The minimum absolute atomic E-state index is 0.104. The molecule has 1 aromatic heterocycles. The van der Waals surface area contributed by atoms with Gasteiger partial charge in [-0.1, -0.05) is 6.42 Å². The Balaban J connectivity index is 1.77. The molecule has 1 heterocycles. The van der Waals surface area contributed by atoms with Crippen LogP contribution in [0.1, 0.15) is 47.0 Å². The van der Waals surface area contributed by atoms with Gasteiger partial charge in [-0.25, -0.2) is 0 Å². The number of Topliss-reactive ketones (excluding diaryl/α,β-unsaturated/α-hetero) is 1. The molecule has 108 valence electrons. The van der Waals surface area contributed by atoms with Gasteiger partial charge < -0.3 is 4.74 Å². The van der Waals surface area contributed by atoms with Gasteiger partial charge in [0, 0.05) is 19.3 Å². The van der Waals surface area contributed by atoms with Crippen LogP contribution in [0.5, 0.6) is 0 Å². The van der Waals surface area contributed by atoms with E-state index in [1.807, 2.05) is 6.92 Å². The van der Waals surface area contributed by atoms with E-state index in [4.69, 9.17) is 4.74 Å². The van der Waals surface area contributed by atoms with E-state index in [0.29, 0.717) is 16.2 Å². The summed E-state index contributed by atoms with van der Waals surface area (Å²) in [6.07, 6.45) is 5.94. The highest BCUT2D eigenvalue weighted by atomic mass is 32.2. The van der Waals surface area contributed by atoms with Crippen molar-refractivity contribution < 1.29 is 14.3 Å². The number of unbranched alkanes of at least 4 members (excludes halogenated alkanes) is 2. The molecule has 20 heavy (non-hydrogen) atoms. The average Bonchev–Trinajstić information content (AvgIpc) is 2.93. The van der Waals surface area contributed by atoms with Crippen LogP contribution in [0.25, 0.3) is 0 Å². The van der Waals surface area contributed by atoms with E-state index >= 15 is 0 Å². The first-order chi connectivity index (χ1) is 9.74. The number of rotatable bonds is 8. The molecule has 0 atom stereocenters. The van der Waals surface area contributed by atoms with Crippen molar-refractivity contribution in [1.29, 1.82) is 0 Å². The van der Waals surface area contributed by atoms with E-state index in [9.17, 15) is 9.59 Å². The molecular formula is C14H18N2O3S. The van der Waals surface area contributed by atoms with Crippen molar-refractivity contribution in [3.05, 3.63) is 28.4 Å². The molecule has 0 aromatic carbocycles. The second-order valence-corrected chi connectivity index (χ2v) is 5.60. The molecule has 0 saturated heterocycles. The summed E-state index contributed by atoms with van der Waals surface area (Å²) >= 11 is 1.45. The Morgan fingerprint density at radius 2 is 2.15 bits per heavy atom. The molecule has 1 aliphatic carbocycles. The van der Waals surface area contributed by atoms with Crippen molar-refractivity contribution in [2.24, 2.45) is 0 Å². The van der Waals surface area contributed by atoms with Crippen LogP contribution in [-0.2, 0) is 4.74 Å². The van der Waals surface area contributed by atoms with Crippen LogP contribution < -0.4 is 0 Å². The number of carbonyl (C=O) groups excluding carboxylic acids is 2. The first kappa shape index (κ1) is 15.0. The van der Waals surface area contributed by atoms with Crippen LogP contribution in [0.2, 0.25) is 0 Å². The van der Waals surface area contributed by atoms with Crippen LogP contribution in [0, 0.1) is 0 Å². The molecule has 0 unspecified atom stereocenters. The van der Waals surface area contributed by atoms with Crippen LogP contribution in [0.4, 0.5) is 0 Å². The lowest BCUT2D eigenvalue weighted by Gasteiger charge is -2.10. The molecule has 1 aliphatic rings. The predicted molar refractivity (Wildman–Crippen MR) is 78.1 cm³/mol. The van der Waals surface area contributed by atoms with Gasteiger partial charge in [-0.15, -0.1) is 11.8 Å². The van der Waals surface area contributed by atoms with Gasteiger partial charge in [-0.3, -0.25) is 14.7 Å². The Morgan fingerprint density at radius 1 is 1.30 bits per heavy atom. The smallest absolute Gasteiger partial charge is 0.205 e. The van der Waals surface area contributed by atoms with Crippen molar-refractivity contribution in [3.8, 4) is 0 Å². The van der Waals surface area contributed by atoms with Crippen LogP contribution >= 0.6 is 11.8 Å². The van der Waals surface area contributed by atoms with Crippen molar-refractivity contribution in [2.45, 2.75) is 26.2 Å². The number of ketones is 2. The number of hydrogen-bond donors (Lipinski definition) is 1. The maximum absolute atomic E-state index is 12.1. The highest BCUT2D eigenvalue weighted by Crippen LogP contribution is 2.27. The lowest BCUT2D eigenvalue weighted by molar-refractivity contribution is 0.0989. The molecule has 0 bridgehead atoms. The second kappa shape index (κ2) is 7.40. The van der Waals surface area contributed by atoms with Gasteiger partial charge in [-0.2, -0.15) is 5.10 Å². The number of nitrogens with one attached hydrogen (secondary N) is 1. The van der Waals surface area contributed by atoms with E-state index < -0.39 is 0 Å². The first-order valence-electron chi connectivity index (χ1n) is 6.78. The third-order valence-electron chi connectivity index (χ3n) is 3.01. The number of aromatic amines is 1. The average molecular weight is 294 g/mol. The summed E-state index contributed by atoms with van der Waals surface area (Å²) in [6, 6.07) is 0. The van der Waals surface area contributed by atoms with Crippen LogP contribution in [-0.4, -0.2) is 40.7 Å². The maximum Gasteiger partial charge on any atom is 0.205 e. The third kappa shape index (κ3) is 3.58. The highest BCUT2D eigenvalue weighted by molar-refractivity contribution is 8.04. The predicted octanol–water partition coefficient (Wildman–Crippen LogP) is 2.61. The summed E-state index contributed by atoms with van der Waals surface area (Å²) in [5.41, 5.74) is 0.687. The number of allylic oxidation sites excluding steroid dienone is 2. The van der Waals surface area contributed by atoms with Gasteiger partial charge in [0.25, 0.3) is 0 Å². The molecule has 2 rings (SSSR count). The summed E-state index contributed by atoms with van der Waals surface area (Å²) in [4.78, 5) is 24.4. The number of H-pyrrole nitrogens is 1. The fourth-order valence-corrected chi connectivity index (χ4v) is 2.95. The highest BCUT2D eigenvalue weighted by Gasteiger charge is 2.27. The summed E-state index contributed by atoms with van der Waals surface area (Å²) < 4.78 is 5.26. The van der Waals surface area contributed by atoms with E-state index in [0.717, 1.165) is 38.2 Å². The third-order valence-corrected chi connectivity index (χ3v) is 4.12. The summed E-state index contributed by atoms with van der Waals surface area (Å²) in [6.45, 7) is 3.53. The second-order valence-electron chi connectivity index (χ2n) is 4.47. The number of ether oxygens (including phenoxy) is 1. The van der Waals surface area contributed by atoms with Gasteiger partial charge in [0.2, 0.25) is 11.6 Å². The minimum atomic E-state index is -0.170. The van der Waals surface area contributed by atoms with E-state index in [2.05, 4.69) is 10.2 Å². The monoisotopic (exact) mass is 294 g/mol. The number of thioether (sulfide) groups is 1. The van der Waals surface area contributed by atoms with E-state index in [-0.39, 0.29) is 11.6 Å². The molecule has 1 aromatic rings. The SMILES string of the molecule is CCOCCCCCSC1=CC(=O)c2[nH]ncc2C1=O. The van der Waals surface area contributed by atoms with Gasteiger partial charge in [-0.05, 0) is 25.5 Å². The Bertz CT molecular complexity index is 522. The molecule has 0 amide bonds. The molecule has 0 spiro atoms. The number of hydrogen-bond acceptors (Lipinski definition) is 5. The lowest BCUT2D eigenvalue weighted by atomic mass is 10.0. The van der Waals surface area contributed by atoms with Gasteiger partial charge in [0.15, 0.2) is 0 Å². The number of carbonyl (C=O) groups is 2. The topological polar surface area (TPSA) is 72.1 Å². The molecule has 1 N–H and O–H groups in total. The Kier molecular flexibility index (Phi) is 5.55. The largest absolute Gasteiger partial charge is 0.382 e. The quantitative estimate of drug-likeness (QED) is 0.746. The Labute approximate surface area is 122 Å². The number of nitrogens with zero attached hydrogens (tertiary/aromatic N) is 1. The van der Waals surface area contributed by atoms with Crippen molar-refractivity contribution in [1.82, 2.24) is 10.2 Å². The van der Waals surface area contributed by atoms with Crippen LogP contribution in [0.15, 0.2) is 17.2 Å². The van der Waals surface area contributed by atoms with Gasteiger partial charge in [0.05, 0.1) is 16.7 Å². The standard InChI is InChI=1S/C14H18N2O3S/c1-2-19-6-4-3-5-7-20-12-8-11(17)13-10(14(12)18)9-15-16-13/h8-9H,2-7H2,1H3,(H,15,16). The molecule has 0 saturated carbocycles. The lowest BCUT2D eigenvalue weighted by Crippen LogP contribution is -2.14. The Hall–Kier alpha value is -1.40. The van der Waals surface area contributed by atoms with Crippen molar-refractivity contribution >= 4 is 23.3 Å². The zero-order valence-electron chi connectivity index (χ0n) is 11.5. The molecule has 6 heteroatoms.